The molecule has 38 heavy (non-hydrogen) atoms. The van der Waals surface area contributed by atoms with Crippen molar-refractivity contribution in [3.8, 4) is 5.75 Å². The first kappa shape index (κ1) is 34.6. The van der Waals surface area contributed by atoms with E-state index in [0.29, 0.717) is 30.1 Å². The van der Waals surface area contributed by atoms with E-state index in [0.717, 1.165) is 17.7 Å². The number of halogens is 1. The quantitative estimate of drug-likeness (QED) is 0.186. The molecular weight excluding hydrogens is 556 g/mol. The first-order chi connectivity index (χ1) is 17.1. The van der Waals surface area contributed by atoms with Gasteiger partial charge < -0.3 is 25.4 Å². The van der Waals surface area contributed by atoms with Crippen molar-refractivity contribution in [2.45, 2.75) is 22.3 Å². The number of carboxylic acids is 2. The summed E-state index contributed by atoms with van der Waals surface area (Å²) in [6, 6.07) is 16.4. The number of benzene rings is 3. The Balaban J connectivity index is 0.00000361. The van der Waals surface area contributed by atoms with E-state index in [2.05, 4.69) is 5.32 Å². The Morgan fingerprint density at radius 1 is 0.947 bits per heavy atom. The average Bonchev–Trinajstić information content (AvgIpc) is 2.85. The molecule has 4 N–H and O–H groups in total. The van der Waals surface area contributed by atoms with Crippen molar-refractivity contribution in [3.63, 3.8) is 0 Å². The van der Waals surface area contributed by atoms with Crippen molar-refractivity contribution in [1.29, 1.82) is 0 Å². The molecule has 0 heterocycles. The van der Waals surface area contributed by atoms with Crippen LogP contribution in [0.2, 0.25) is 5.02 Å². The molecule has 0 saturated heterocycles. The molecule has 3 aromatic carbocycles. The summed E-state index contributed by atoms with van der Waals surface area (Å²) in [6.45, 7) is 0.108. The number of aliphatic hydroxyl groups is 1. The van der Waals surface area contributed by atoms with Crippen LogP contribution >= 0.6 is 11.6 Å². The topological polar surface area (TPSA) is 150 Å². The fourth-order valence-electron chi connectivity index (χ4n) is 3.38. The van der Waals surface area contributed by atoms with Crippen LogP contribution in [0.15, 0.2) is 76.5 Å². The van der Waals surface area contributed by atoms with Crippen LogP contribution in [-0.2, 0) is 21.1 Å². The van der Waals surface area contributed by atoms with Gasteiger partial charge in [-0.25, -0.2) is 18.0 Å². The van der Waals surface area contributed by atoms with E-state index >= 15 is 0 Å². The molecule has 3 aromatic rings. The second-order valence-corrected chi connectivity index (χ2v) is 10.2. The fraction of sp³-hybridized carbons (Fsp3) is 0.200. The minimum absolute atomic E-state index is 0. The molecule has 3 rings (SSSR count). The average molecular weight is 582 g/mol. The molecule has 0 aliphatic carbocycles. The van der Waals surface area contributed by atoms with Crippen LogP contribution in [-0.4, -0.2) is 114 Å². The second-order valence-electron chi connectivity index (χ2n) is 7.82. The molecule has 0 radical (unpaired) electrons. The molecule has 194 valence electrons. The number of ether oxygens (including phenoxy) is 1. The normalized spacial score (nSPS) is 11.5. The number of aliphatic hydroxyl groups excluding tert-OH is 1. The van der Waals surface area contributed by atoms with E-state index in [9.17, 15) is 28.2 Å². The number of rotatable bonds is 12. The summed E-state index contributed by atoms with van der Waals surface area (Å²) in [5.41, 5.74) is 1.11. The van der Waals surface area contributed by atoms with Gasteiger partial charge in [-0.1, -0.05) is 35.9 Å². The van der Waals surface area contributed by atoms with Crippen molar-refractivity contribution in [3.05, 3.63) is 88.4 Å². The van der Waals surface area contributed by atoms with Gasteiger partial charge in [-0.3, -0.25) is 0 Å². The number of aromatic carboxylic acids is 1. The molecule has 0 bridgehead atoms. The van der Waals surface area contributed by atoms with Crippen LogP contribution in [0.25, 0.3) is 0 Å². The Labute approximate surface area is 269 Å². The third-order valence-electron chi connectivity index (χ3n) is 5.24. The Hall–Kier alpha value is -1.44. The Kier molecular flexibility index (Phi) is 14.5. The maximum atomic E-state index is 13.0. The number of sulfone groups is 1. The molecule has 0 fully saturated rings. The predicted octanol–water partition coefficient (Wildman–Crippen LogP) is 1.90. The van der Waals surface area contributed by atoms with Gasteiger partial charge >= 0.3 is 71.1 Å². The van der Waals surface area contributed by atoms with Gasteiger partial charge in [0.15, 0.2) is 6.61 Å². The third kappa shape index (κ3) is 9.63. The van der Waals surface area contributed by atoms with Gasteiger partial charge in [0.25, 0.3) is 0 Å². The van der Waals surface area contributed by atoms with E-state index in [1.807, 2.05) is 0 Å². The van der Waals surface area contributed by atoms with Crippen LogP contribution in [0.3, 0.4) is 0 Å². The van der Waals surface area contributed by atoms with Crippen molar-refractivity contribution in [2.75, 3.05) is 19.7 Å². The first-order valence-corrected chi connectivity index (χ1v) is 12.6. The van der Waals surface area contributed by atoms with E-state index in [1.54, 1.807) is 36.4 Å². The number of hydrogen-bond acceptors (Lipinski definition) is 7. The molecule has 0 spiro atoms. The van der Waals surface area contributed by atoms with Gasteiger partial charge in [0.05, 0.1) is 15.9 Å². The molecule has 1 atom stereocenters. The molecule has 0 aliphatic heterocycles. The van der Waals surface area contributed by atoms with E-state index in [-0.39, 0.29) is 74.7 Å². The van der Waals surface area contributed by atoms with Crippen molar-refractivity contribution in [1.82, 2.24) is 5.32 Å². The summed E-state index contributed by atoms with van der Waals surface area (Å²) in [7, 11) is -4.03. The molecular formula is C25H26ClNNa2O8S. The Bertz CT molecular complexity index is 1350. The van der Waals surface area contributed by atoms with Gasteiger partial charge in [-0.2, -0.15) is 0 Å². The van der Waals surface area contributed by atoms with Crippen molar-refractivity contribution in [2.24, 2.45) is 0 Å². The molecule has 13 heteroatoms. The SMILES string of the molecule is O=C(O)COc1ccc(S(=O)(=O)c2ccc(CCNC[C@@H](O)c3cccc(Cl)c3)cc2)cc1C(=O)O.[NaH].[NaH]. The summed E-state index contributed by atoms with van der Waals surface area (Å²) < 4.78 is 31.0. The van der Waals surface area contributed by atoms with Crippen LogP contribution in [0.4, 0.5) is 0 Å². The maximum absolute atomic E-state index is 13.0. The molecule has 0 unspecified atom stereocenters. The van der Waals surface area contributed by atoms with Crippen molar-refractivity contribution < 1.29 is 38.1 Å². The zero-order valence-electron chi connectivity index (χ0n) is 18.9. The number of carbonyl (C=O) groups is 2. The standard InChI is InChI=1S/C25H24ClNO8S.2Na.2H/c26-18-3-1-2-17(12-18)22(28)14-27-11-10-16-4-6-19(7-5-16)36(33,34)20-8-9-23(35-15-24(29)30)21(13-20)25(31)32;;;;/h1-9,12-13,22,27-28H,10-11,14-15H2,(H,29,30)(H,31,32);;;;/t22-;;;;/m1..../s1. The van der Waals surface area contributed by atoms with Gasteiger partial charge in [0.2, 0.25) is 9.84 Å². The summed E-state index contributed by atoms with van der Waals surface area (Å²) in [5, 5.41) is 32.0. The first-order valence-electron chi connectivity index (χ1n) is 10.8. The molecule has 0 amide bonds. The summed E-state index contributed by atoms with van der Waals surface area (Å²) in [5.74, 6) is -2.99. The minimum atomic E-state index is -4.03. The summed E-state index contributed by atoms with van der Waals surface area (Å²) in [4.78, 5) is 21.9. The van der Waals surface area contributed by atoms with Gasteiger partial charge in [0.1, 0.15) is 11.3 Å². The van der Waals surface area contributed by atoms with Crippen LogP contribution in [0.5, 0.6) is 5.75 Å². The van der Waals surface area contributed by atoms with Crippen LogP contribution in [0, 0.1) is 0 Å². The van der Waals surface area contributed by atoms with Crippen LogP contribution < -0.4 is 10.1 Å². The summed E-state index contributed by atoms with van der Waals surface area (Å²) in [6.07, 6.45) is -0.130. The second kappa shape index (κ2) is 16.0. The molecule has 0 aromatic heterocycles. The van der Waals surface area contributed by atoms with Gasteiger partial charge in [-0.05, 0) is 66.6 Å². The monoisotopic (exact) mass is 581 g/mol. The Morgan fingerprint density at radius 2 is 1.61 bits per heavy atom. The van der Waals surface area contributed by atoms with E-state index < -0.39 is 40.1 Å². The summed E-state index contributed by atoms with van der Waals surface area (Å²) >= 11 is 5.94. The molecule has 0 aliphatic rings. The molecule has 9 nitrogen and oxygen atoms in total. The number of carboxylic acid groups (broad SMARTS) is 2. The Morgan fingerprint density at radius 3 is 2.21 bits per heavy atom. The van der Waals surface area contributed by atoms with E-state index in [1.165, 1.54) is 18.2 Å². The number of aliphatic carboxylic acids is 1. The third-order valence-corrected chi connectivity index (χ3v) is 7.24. The zero-order chi connectivity index (χ0) is 26.3. The number of hydrogen-bond donors (Lipinski definition) is 4. The van der Waals surface area contributed by atoms with E-state index in [4.69, 9.17) is 21.4 Å². The van der Waals surface area contributed by atoms with Gasteiger partial charge in [-0.15, -0.1) is 0 Å². The zero-order valence-corrected chi connectivity index (χ0v) is 20.5. The predicted molar refractivity (Wildman–Crippen MR) is 146 cm³/mol. The van der Waals surface area contributed by atoms with Crippen molar-refractivity contribution >= 4 is 92.5 Å². The molecule has 0 saturated carbocycles. The number of nitrogens with one attached hydrogen (secondary N) is 1. The fourth-order valence-corrected chi connectivity index (χ4v) is 4.87. The van der Waals surface area contributed by atoms with Gasteiger partial charge in [0, 0.05) is 11.6 Å². The van der Waals surface area contributed by atoms with Crippen LogP contribution in [0.1, 0.15) is 27.6 Å².